The van der Waals surface area contributed by atoms with E-state index in [1.165, 1.54) is 43.8 Å². The molecule has 60 heavy (non-hydrogen) atoms. The number of furan rings is 1. The van der Waals surface area contributed by atoms with Crippen LogP contribution in [0.3, 0.4) is 0 Å². The molecule has 0 radical (unpaired) electrons. The Labute approximate surface area is 349 Å². The molecule has 1 aromatic heterocycles. The molecule has 0 saturated carbocycles. The van der Waals surface area contributed by atoms with E-state index >= 15 is 0 Å². The highest BCUT2D eigenvalue weighted by molar-refractivity contribution is 6.08. The van der Waals surface area contributed by atoms with E-state index in [1.54, 1.807) is 0 Å². The van der Waals surface area contributed by atoms with Gasteiger partial charge in [-0.2, -0.15) is 0 Å². The monoisotopic (exact) mass is 765 g/mol. The molecule has 11 rings (SSSR count). The molecule has 0 aliphatic heterocycles. The van der Waals surface area contributed by atoms with Crippen molar-refractivity contribution in [1.82, 2.24) is 0 Å². The molecule has 0 fully saturated rings. The van der Waals surface area contributed by atoms with Gasteiger partial charge in [-0.1, -0.05) is 182 Å². The second-order valence-corrected chi connectivity index (χ2v) is 15.3. The quantitative estimate of drug-likeness (QED) is 0.143. The third kappa shape index (κ3) is 6.61. The predicted octanol–water partition coefficient (Wildman–Crippen LogP) is 16.5. The Hall–Kier alpha value is -7.94. The molecule has 2 heteroatoms. The van der Waals surface area contributed by atoms with Crippen molar-refractivity contribution in [1.29, 1.82) is 0 Å². The molecule has 11 aromatic rings. The number of fused-ring (bicyclic) bond motifs is 4. The molecular formula is C58H39NO. The van der Waals surface area contributed by atoms with Crippen LogP contribution in [-0.2, 0) is 0 Å². The van der Waals surface area contributed by atoms with Gasteiger partial charge in [0.25, 0.3) is 0 Å². The van der Waals surface area contributed by atoms with Gasteiger partial charge >= 0.3 is 0 Å². The van der Waals surface area contributed by atoms with Gasteiger partial charge in [-0.3, -0.25) is 0 Å². The van der Waals surface area contributed by atoms with E-state index in [0.29, 0.717) is 0 Å². The second kappa shape index (κ2) is 15.1. The molecule has 1 heterocycles. The molecule has 0 aliphatic rings. The maximum Gasteiger partial charge on any atom is 0.136 e. The van der Waals surface area contributed by atoms with Crippen molar-refractivity contribution in [2.24, 2.45) is 0 Å². The van der Waals surface area contributed by atoms with Crippen LogP contribution in [0.25, 0.3) is 88.3 Å². The van der Waals surface area contributed by atoms with Gasteiger partial charge in [-0.15, -0.1) is 0 Å². The van der Waals surface area contributed by atoms with E-state index in [1.807, 2.05) is 12.1 Å². The summed E-state index contributed by atoms with van der Waals surface area (Å²) in [5.41, 5.74) is 14.6. The first-order valence-electron chi connectivity index (χ1n) is 20.5. The summed E-state index contributed by atoms with van der Waals surface area (Å²) >= 11 is 0. The molecule has 0 unspecified atom stereocenters. The minimum absolute atomic E-state index is 0.861. The van der Waals surface area contributed by atoms with Crippen LogP contribution in [0.5, 0.6) is 0 Å². The van der Waals surface area contributed by atoms with E-state index in [2.05, 4.69) is 229 Å². The predicted molar refractivity (Wildman–Crippen MR) is 253 cm³/mol. The average Bonchev–Trinajstić information content (AvgIpc) is 3.77. The number of para-hydroxylation sites is 1. The molecule has 0 N–H and O–H groups in total. The minimum atomic E-state index is 0.861. The van der Waals surface area contributed by atoms with Gasteiger partial charge in [0.2, 0.25) is 0 Å². The van der Waals surface area contributed by atoms with Crippen LogP contribution in [0.4, 0.5) is 17.1 Å². The molecule has 0 atom stereocenters. The third-order valence-corrected chi connectivity index (χ3v) is 11.7. The maximum atomic E-state index is 6.46. The fourth-order valence-corrected chi connectivity index (χ4v) is 8.59. The van der Waals surface area contributed by atoms with Crippen molar-refractivity contribution in [3.63, 3.8) is 0 Å². The normalized spacial score (nSPS) is 11.3. The molecule has 0 bridgehead atoms. The van der Waals surface area contributed by atoms with Crippen LogP contribution < -0.4 is 4.90 Å². The SMILES string of the molecule is c1ccc(-c2ccc(-c3ccc(N(c4ccc(-c5ccc(-c6ccccc6)c(-c6cc7ccccc7o6)c5)cc4)c4ccc5c(ccc6ccccc65)c4)cc3)cc2)cc1. The second-order valence-electron chi connectivity index (χ2n) is 15.3. The van der Waals surface area contributed by atoms with Gasteiger partial charge in [-0.05, 0) is 121 Å². The molecule has 10 aromatic carbocycles. The Bertz CT molecular complexity index is 3240. The number of hydrogen-bond acceptors (Lipinski definition) is 2. The average molecular weight is 766 g/mol. The summed E-state index contributed by atoms with van der Waals surface area (Å²) in [5, 5.41) is 6.07. The summed E-state index contributed by atoms with van der Waals surface area (Å²) in [5.74, 6) is 0.861. The van der Waals surface area contributed by atoms with Crippen molar-refractivity contribution in [2.75, 3.05) is 4.90 Å². The van der Waals surface area contributed by atoms with E-state index in [9.17, 15) is 0 Å². The smallest absolute Gasteiger partial charge is 0.136 e. The van der Waals surface area contributed by atoms with E-state index in [0.717, 1.165) is 61.6 Å². The highest BCUT2D eigenvalue weighted by atomic mass is 16.3. The van der Waals surface area contributed by atoms with Gasteiger partial charge in [0.05, 0.1) is 0 Å². The Morgan fingerprint density at radius 3 is 1.42 bits per heavy atom. The van der Waals surface area contributed by atoms with Crippen molar-refractivity contribution in [3.8, 4) is 55.8 Å². The first-order chi connectivity index (χ1) is 29.7. The summed E-state index contributed by atoms with van der Waals surface area (Å²) in [4.78, 5) is 2.36. The van der Waals surface area contributed by atoms with Gasteiger partial charge in [0, 0.05) is 28.0 Å². The molecule has 0 saturated heterocycles. The summed E-state index contributed by atoms with van der Waals surface area (Å²) in [6.45, 7) is 0. The number of hydrogen-bond donors (Lipinski definition) is 0. The van der Waals surface area contributed by atoms with E-state index in [-0.39, 0.29) is 0 Å². The van der Waals surface area contributed by atoms with Crippen molar-refractivity contribution < 1.29 is 4.42 Å². The van der Waals surface area contributed by atoms with Crippen LogP contribution in [0, 0.1) is 0 Å². The lowest BCUT2D eigenvalue weighted by Gasteiger charge is -2.26. The van der Waals surface area contributed by atoms with Crippen molar-refractivity contribution >= 4 is 49.6 Å². The van der Waals surface area contributed by atoms with Crippen LogP contribution in [-0.4, -0.2) is 0 Å². The first kappa shape index (κ1) is 35.2. The zero-order chi connectivity index (χ0) is 39.8. The van der Waals surface area contributed by atoms with E-state index in [4.69, 9.17) is 4.42 Å². The molecule has 0 spiro atoms. The Balaban J connectivity index is 0.978. The first-order valence-corrected chi connectivity index (χ1v) is 20.5. The molecule has 2 nitrogen and oxygen atoms in total. The molecule has 0 amide bonds. The lowest BCUT2D eigenvalue weighted by molar-refractivity contribution is 0.632. The zero-order valence-electron chi connectivity index (χ0n) is 32.9. The maximum absolute atomic E-state index is 6.46. The van der Waals surface area contributed by atoms with Gasteiger partial charge < -0.3 is 9.32 Å². The lowest BCUT2D eigenvalue weighted by atomic mass is 9.93. The topological polar surface area (TPSA) is 16.4 Å². The highest BCUT2D eigenvalue weighted by Crippen LogP contribution is 2.41. The number of nitrogens with zero attached hydrogens (tertiary/aromatic N) is 1. The number of anilines is 3. The van der Waals surface area contributed by atoms with Crippen molar-refractivity contribution in [3.05, 3.63) is 237 Å². The summed E-state index contributed by atoms with van der Waals surface area (Å²) < 4.78 is 6.46. The summed E-state index contributed by atoms with van der Waals surface area (Å²) in [7, 11) is 0. The van der Waals surface area contributed by atoms with Gasteiger partial charge in [-0.25, -0.2) is 0 Å². The molecule has 0 aliphatic carbocycles. The van der Waals surface area contributed by atoms with Crippen LogP contribution in [0.2, 0.25) is 0 Å². The largest absolute Gasteiger partial charge is 0.456 e. The number of rotatable bonds is 8. The van der Waals surface area contributed by atoms with Crippen LogP contribution in [0.1, 0.15) is 0 Å². The van der Waals surface area contributed by atoms with Crippen molar-refractivity contribution in [2.45, 2.75) is 0 Å². The third-order valence-electron chi connectivity index (χ3n) is 11.7. The van der Waals surface area contributed by atoms with Gasteiger partial charge in [0.15, 0.2) is 0 Å². The number of benzene rings is 10. The van der Waals surface area contributed by atoms with Crippen LogP contribution in [0.15, 0.2) is 241 Å². The van der Waals surface area contributed by atoms with Crippen LogP contribution >= 0.6 is 0 Å². The van der Waals surface area contributed by atoms with E-state index < -0.39 is 0 Å². The zero-order valence-corrected chi connectivity index (χ0v) is 32.9. The Morgan fingerprint density at radius 2 is 0.750 bits per heavy atom. The summed E-state index contributed by atoms with van der Waals surface area (Å²) in [6.07, 6.45) is 0. The fraction of sp³-hybridized carbons (Fsp3) is 0. The minimum Gasteiger partial charge on any atom is -0.456 e. The molecule has 282 valence electrons. The highest BCUT2D eigenvalue weighted by Gasteiger charge is 2.17. The Kier molecular flexibility index (Phi) is 8.87. The summed E-state index contributed by atoms with van der Waals surface area (Å²) in [6, 6.07) is 84.8. The fourth-order valence-electron chi connectivity index (χ4n) is 8.59. The Morgan fingerprint density at radius 1 is 0.267 bits per heavy atom. The standard InChI is InChI=1S/C58H39NO/c1-3-11-40(12-4-1)41-19-21-42(22-20-41)43-25-30-50(31-26-43)59(52-34-36-55-48(37-52)24-23-46-15-7-9-17-53(46)55)51-32-27-44(28-33-51)47-29-35-54(45-13-5-2-6-14-45)56(38-47)58-39-49-16-8-10-18-57(49)60-58/h1-39H. The van der Waals surface area contributed by atoms with Gasteiger partial charge in [0.1, 0.15) is 11.3 Å². The molecular weight excluding hydrogens is 727 g/mol. The lowest BCUT2D eigenvalue weighted by Crippen LogP contribution is -2.09.